The predicted octanol–water partition coefficient (Wildman–Crippen LogP) is 1.37. The number of nitrogens with two attached hydrogens (primary N) is 1. The van der Waals surface area contributed by atoms with Gasteiger partial charge in [-0.05, 0) is 24.6 Å². The van der Waals surface area contributed by atoms with Crippen LogP contribution in [0.2, 0.25) is 0 Å². The number of anilines is 1. The van der Waals surface area contributed by atoms with Gasteiger partial charge in [0, 0.05) is 43.5 Å². The minimum atomic E-state index is -0.338. The topological polar surface area (TPSA) is 41.7 Å². The van der Waals surface area contributed by atoms with Crippen molar-refractivity contribution < 1.29 is 9.13 Å². The maximum Gasteiger partial charge on any atom is 0.135 e. The molecule has 1 aromatic carbocycles. The maximum atomic E-state index is 14.0. The highest BCUT2D eigenvalue weighted by Crippen LogP contribution is 2.25. The van der Waals surface area contributed by atoms with Crippen LogP contribution in [0.5, 0.6) is 0 Å². The number of hydrogen-bond donors (Lipinski definition) is 1. The van der Waals surface area contributed by atoms with Gasteiger partial charge in [-0.25, -0.2) is 4.39 Å². The second kappa shape index (κ2) is 6.25. The molecule has 0 spiro atoms. The van der Waals surface area contributed by atoms with Gasteiger partial charge < -0.3 is 15.4 Å². The molecule has 0 amide bonds. The monoisotopic (exact) mass is 309 g/mol. The van der Waals surface area contributed by atoms with Crippen molar-refractivity contribution in [3.63, 3.8) is 0 Å². The van der Waals surface area contributed by atoms with Crippen molar-refractivity contribution in [2.45, 2.75) is 12.5 Å². The Kier molecular flexibility index (Phi) is 4.37. The zero-order valence-corrected chi connectivity index (χ0v) is 12.7. The Labute approximate surface area is 129 Å². The number of morpholine rings is 1. The molecule has 2 saturated heterocycles. The molecule has 0 aliphatic carbocycles. The van der Waals surface area contributed by atoms with Crippen molar-refractivity contribution in [1.82, 2.24) is 4.90 Å². The van der Waals surface area contributed by atoms with Gasteiger partial charge in [0.25, 0.3) is 0 Å². The minimum absolute atomic E-state index is 0.103. The lowest BCUT2D eigenvalue weighted by Gasteiger charge is -2.32. The van der Waals surface area contributed by atoms with Crippen LogP contribution in [0, 0.1) is 5.82 Å². The van der Waals surface area contributed by atoms with E-state index in [1.807, 2.05) is 6.07 Å². The summed E-state index contributed by atoms with van der Waals surface area (Å²) in [5, 5.41) is 0. The van der Waals surface area contributed by atoms with Crippen LogP contribution in [0.4, 0.5) is 10.1 Å². The van der Waals surface area contributed by atoms with Crippen LogP contribution in [0.1, 0.15) is 12.0 Å². The number of hydrogen-bond acceptors (Lipinski definition) is 4. The highest BCUT2D eigenvalue weighted by Gasteiger charge is 2.29. The van der Waals surface area contributed by atoms with Crippen molar-refractivity contribution in [1.29, 1.82) is 0 Å². The third-order valence-electron chi connectivity index (χ3n) is 4.31. The van der Waals surface area contributed by atoms with Gasteiger partial charge in [0.05, 0.1) is 13.2 Å². The number of rotatable bonds is 3. The molecule has 1 atom stereocenters. The first-order valence-electron chi connectivity index (χ1n) is 7.31. The number of benzene rings is 1. The fraction of sp³-hybridized carbons (Fsp3) is 0.533. The van der Waals surface area contributed by atoms with Crippen molar-refractivity contribution in [2.24, 2.45) is 5.73 Å². The van der Waals surface area contributed by atoms with Gasteiger partial charge in [0.1, 0.15) is 10.8 Å². The number of ether oxygens (including phenoxy) is 1. The first-order chi connectivity index (χ1) is 10.1. The molecule has 21 heavy (non-hydrogen) atoms. The van der Waals surface area contributed by atoms with E-state index < -0.39 is 0 Å². The summed E-state index contributed by atoms with van der Waals surface area (Å²) in [4.78, 5) is 4.81. The Morgan fingerprint density at radius 1 is 1.29 bits per heavy atom. The Balaban J connectivity index is 1.68. The van der Waals surface area contributed by atoms with E-state index in [1.165, 1.54) is 6.07 Å². The summed E-state index contributed by atoms with van der Waals surface area (Å²) in [7, 11) is 0. The zero-order chi connectivity index (χ0) is 14.8. The number of nitrogens with zero attached hydrogens (tertiary/aromatic N) is 2. The molecule has 0 radical (unpaired) electrons. The quantitative estimate of drug-likeness (QED) is 0.854. The summed E-state index contributed by atoms with van der Waals surface area (Å²) >= 11 is 4.84. The maximum absolute atomic E-state index is 14.0. The van der Waals surface area contributed by atoms with Crippen LogP contribution in [-0.2, 0) is 4.74 Å². The lowest BCUT2D eigenvalue weighted by atomic mass is 10.2. The molecule has 2 aliphatic rings. The summed E-state index contributed by atoms with van der Waals surface area (Å²) in [6.45, 7) is 5.50. The molecule has 0 saturated carbocycles. The molecule has 2 aliphatic heterocycles. The largest absolute Gasteiger partial charge is 0.389 e. The van der Waals surface area contributed by atoms with E-state index in [0.717, 1.165) is 51.5 Å². The lowest BCUT2D eigenvalue weighted by Crippen LogP contribution is -2.44. The first-order valence-corrected chi connectivity index (χ1v) is 7.72. The van der Waals surface area contributed by atoms with E-state index in [1.54, 1.807) is 6.07 Å². The molecular formula is C15H20FN3OS. The third kappa shape index (κ3) is 3.17. The van der Waals surface area contributed by atoms with E-state index >= 15 is 0 Å². The fourth-order valence-corrected chi connectivity index (χ4v) is 3.28. The highest BCUT2D eigenvalue weighted by molar-refractivity contribution is 7.80. The number of thiocarbonyl (C=S) groups is 1. The molecule has 2 heterocycles. The second-order valence-electron chi connectivity index (χ2n) is 5.57. The Morgan fingerprint density at radius 2 is 2.05 bits per heavy atom. The van der Waals surface area contributed by atoms with E-state index in [4.69, 9.17) is 22.7 Å². The van der Waals surface area contributed by atoms with Crippen molar-refractivity contribution in [2.75, 3.05) is 44.3 Å². The van der Waals surface area contributed by atoms with Crippen LogP contribution < -0.4 is 10.6 Å². The van der Waals surface area contributed by atoms with Gasteiger partial charge in [-0.15, -0.1) is 0 Å². The molecular weight excluding hydrogens is 289 g/mol. The van der Waals surface area contributed by atoms with Crippen LogP contribution in [0.15, 0.2) is 18.2 Å². The Bertz CT molecular complexity index is 534. The van der Waals surface area contributed by atoms with E-state index in [9.17, 15) is 4.39 Å². The summed E-state index contributed by atoms with van der Waals surface area (Å²) in [5.74, 6) is -0.338. The standard InChI is InChI=1S/C15H20FN3OS/c16-14-9-11(1-2-13(14)15(17)21)19-4-3-12(10-19)18-5-7-20-8-6-18/h1-2,9,12H,3-8,10H2,(H2,17,21). The highest BCUT2D eigenvalue weighted by atomic mass is 32.1. The average Bonchev–Trinajstić information content (AvgIpc) is 2.97. The van der Waals surface area contributed by atoms with Gasteiger partial charge in [0.2, 0.25) is 0 Å². The molecule has 6 heteroatoms. The molecule has 2 N–H and O–H groups in total. The fourth-order valence-electron chi connectivity index (χ4n) is 3.12. The Morgan fingerprint density at radius 3 is 2.71 bits per heavy atom. The summed E-state index contributed by atoms with van der Waals surface area (Å²) in [5.41, 5.74) is 6.72. The second-order valence-corrected chi connectivity index (χ2v) is 6.01. The number of halogens is 1. The van der Waals surface area contributed by atoms with Crippen LogP contribution in [0.3, 0.4) is 0 Å². The Hall–Kier alpha value is -1.24. The molecule has 114 valence electrons. The van der Waals surface area contributed by atoms with Gasteiger partial charge in [-0.3, -0.25) is 4.90 Å². The third-order valence-corrected chi connectivity index (χ3v) is 4.53. The van der Waals surface area contributed by atoms with Crippen LogP contribution in [0.25, 0.3) is 0 Å². The van der Waals surface area contributed by atoms with Crippen molar-refractivity contribution in [3.8, 4) is 0 Å². The smallest absolute Gasteiger partial charge is 0.135 e. The summed E-state index contributed by atoms with van der Waals surface area (Å²) in [6, 6.07) is 5.65. The van der Waals surface area contributed by atoms with E-state index in [-0.39, 0.29) is 10.8 Å². The van der Waals surface area contributed by atoms with Gasteiger partial charge >= 0.3 is 0 Å². The zero-order valence-electron chi connectivity index (χ0n) is 11.9. The minimum Gasteiger partial charge on any atom is -0.389 e. The van der Waals surface area contributed by atoms with E-state index in [0.29, 0.717) is 11.6 Å². The molecule has 1 unspecified atom stereocenters. The lowest BCUT2D eigenvalue weighted by molar-refractivity contribution is 0.0209. The average molecular weight is 309 g/mol. The summed E-state index contributed by atoms with van der Waals surface area (Å²) in [6.07, 6.45) is 1.11. The van der Waals surface area contributed by atoms with Crippen molar-refractivity contribution in [3.05, 3.63) is 29.6 Å². The molecule has 1 aromatic rings. The first kappa shape index (κ1) is 14.7. The molecule has 4 nitrogen and oxygen atoms in total. The van der Waals surface area contributed by atoms with Gasteiger partial charge in [0.15, 0.2) is 0 Å². The SMILES string of the molecule is NC(=S)c1ccc(N2CCC(N3CCOCC3)C2)cc1F. The molecule has 2 fully saturated rings. The van der Waals surface area contributed by atoms with Gasteiger partial charge in [-0.1, -0.05) is 12.2 Å². The predicted molar refractivity (Wildman–Crippen MR) is 85.3 cm³/mol. The molecule has 0 bridgehead atoms. The summed E-state index contributed by atoms with van der Waals surface area (Å²) < 4.78 is 19.4. The molecule has 0 aromatic heterocycles. The van der Waals surface area contributed by atoms with Crippen LogP contribution in [-0.4, -0.2) is 55.3 Å². The van der Waals surface area contributed by atoms with Gasteiger partial charge in [-0.2, -0.15) is 0 Å². The normalized spacial score (nSPS) is 23.5. The van der Waals surface area contributed by atoms with Crippen molar-refractivity contribution >= 4 is 22.9 Å². The van der Waals surface area contributed by atoms with Crippen LogP contribution >= 0.6 is 12.2 Å². The van der Waals surface area contributed by atoms with E-state index in [2.05, 4.69) is 9.80 Å². The molecule has 3 rings (SSSR count).